The Hall–Kier alpha value is -2.04. The van der Waals surface area contributed by atoms with E-state index in [9.17, 15) is 4.79 Å². The summed E-state index contributed by atoms with van der Waals surface area (Å²) >= 11 is 6.50. The molecule has 156 valence electrons. The monoisotopic (exact) mass is 414 g/mol. The summed E-state index contributed by atoms with van der Waals surface area (Å²) in [5.41, 5.74) is 1.17. The number of ether oxygens (including phenoxy) is 1. The molecule has 0 aromatic heterocycles. The lowest BCUT2D eigenvalue weighted by atomic mass is 9.68. The molecule has 0 unspecified atom stereocenters. The fourth-order valence-corrected chi connectivity index (χ4v) is 4.40. The van der Waals surface area contributed by atoms with Gasteiger partial charge in [0.1, 0.15) is 5.75 Å². The number of amides is 1. The summed E-state index contributed by atoms with van der Waals surface area (Å²) in [6.07, 6.45) is 5.88. The van der Waals surface area contributed by atoms with Crippen LogP contribution in [0.25, 0.3) is 0 Å². The first-order valence-electron chi connectivity index (χ1n) is 10.5. The van der Waals surface area contributed by atoms with Crippen LogP contribution in [0, 0.1) is 0 Å². The van der Waals surface area contributed by atoms with E-state index in [-0.39, 0.29) is 5.91 Å². The largest absolute Gasteiger partial charge is 0.494 e. The SMILES string of the molecule is CN(C)CCCOc1ccc(NC(=O)C2(c3ccccc3Cl)CCCCC2)cc1. The minimum absolute atomic E-state index is 0.0324. The predicted octanol–water partition coefficient (Wildman–Crippen LogP) is 5.51. The second kappa shape index (κ2) is 10.1. The molecule has 0 aliphatic heterocycles. The van der Waals surface area contributed by atoms with Crippen LogP contribution in [0.1, 0.15) is 44.1 Å². The van der Waals surface area contributed by atoms with Crippen LogP contribution in [0.4, 0.5) is 5.69 Å². The topological polar surface area (TPSA) is 41.6 Å². The molecule has 0 radical (unpaired) electrons. The van der Waals surface area contributed by atoms with Gasteiger partial charge in [0.05, 0.1) is 12.0 Å². The maximum atomic E-state index is 13.4. The van der Waals surface area contributed by atoms with Gasteiger partial charge in [0, 0.05) is 17.3 Å². The van der Waals surface area contributed by atoms with Gasteiger partial charge in [0.15, 0.2) is 0 Å². The Morgan fingerprint density at radius 2 is 1.76 bits per heavy atom. The van der Waals surface area contributed by atoms with Crippen LogP contribution in [-0.4, -0.2) is 38.1 Å². The molecule has 5 heteroatoms. The van der Waals surface area contributed by atoms with Gasteiger partial charge in [-0.1, -0.05) is 49.1 Å². The zero-order valence-corrected chi connectivity index (χ0v) is 18.2. The van der Waals surface area contributed by atoms with Crippen molar-refractivity contribution in [3.8, 4) is 5.75 Å². The number of hydrogen-bond donors (Lipinski definition) is 1. The van der Waals surface area contributed by atoms with Crippen molar-refractivity contribution in [2.24, 2.45) is 0 Å². The summed E-state index contributed by atoms with van der Waals surface area (Å²) < 4.78 is 5.78. The van der Waals surface area contributed by atoms with E-state index in [1.807, 2.05) is 48.5 Å². The van der Waals surface area contributed by atoms with Crippen LogP contribution in [0.2, 0.25) is 5.02 Å². The smallest absolute Gasteiger partial charge is 0.235 e. The lowest BCUT2D eigenvalue weighted by molar-refractivity contribution is -0.122. The Labute approximate surface area is 179 Å². The number of anilines is 1. The number of rotatable bonds is 8. The van der Waals surface area contributed by atoms with E-state index < -0.39 is 5.41 Å². The quantitative estimate of drug-likeness (QED) is 0.579. The van der Waals surface area contributed by atoms with E-state index in [1.165, 1.54) is 6.42 Å². The summed E-state index contributed by atoms with van der Waals surface area (Å²) in [4.78, 5) is 15.5. The van der Waals surface area contributed by atoms with Gasteiger partial charge in [-0.15, -0.1) is 0 Å². The van der Waals surface area contributed by atoms with Crippen molar-refractivity contribution in [2.45, 2.75) is 43.9 Å². The molecular formula is C24H31ClN2O2. The molecule has 1 saturated carbocycles. The first-order chi connectivity index (χ1) is 14.0. The van der Waals surface area contributed by atoms with Crippen molar-refractivity contribution < 1.29 is 9.53 Å². The summed E-state index contributed by atoms with van der Waals surface area (Å²) in [7, 11) is 4.11. The third kappa shape index (κ3) is 5.52. The Morgan fingerprint density at radius 3 is 2.41 bits per heavy atom. The third-order valence-corrected chi connectivity index (χ3v) is 5.99. The highest BCUT2D eigenvalue weighted by Gasteiger charge is 2.42. The minimum atomic E-state index is -0.558. The van der Waals surface area contributed by atoms with Crippen LogP contribution in [0.5, 0.6) is 5.75 Å². The number of nitrogens with zero attached hydrogens (tertiary/aromatic N) is 1. The Morgan fingerprint density at radius 1 is 1.07 bits per heavy atom. The zero-order valence-electron chi connectivity index (χ0n) is 17.4. The molecule has 0 atom stereocenters. The van der Waals surface area contributed by atoms with Crippen molar-refractivity contribution in [1.29, 1.82) is 0 Å². The minimum Gasteiger partial charge on any atom is -0.494 e. The number of carbonyl (C=O) groups excluding carboxylic acids is 1. The standard InChI is InChI=1S/C24H31ClN2O2/c1-27(2)17-8-18-29-20-13-11-19(12-14-20)26-23(28)24(15-6-3-7-16-24)21-9-4-5-10-22(21)25/h4-5,9-14H,3,6-8,15-18H2,1-2H3,(H,26,28). The molecule has 3 rings (SSSR count). The maximum Gasteiger partial charge on any atom is 0.235 e. The van der Waals surface area contributed by atoms with Crippen LogP contribution in [0.3, 0.4) is 0 Å². The number of halogens is 1. The molecule has 1 amide bonds. The average molecular weight is 415 g/mol. The first-order valence-corrected chi connectivity index (χ1v) is 10.8. The summed E-state index contributed by atoms with van der Waals surface area (Å²) in [5.74, 6) is 0.852. The molecule has 1 fully saturated rings. The van der Waals surface area contributed by atoms with Crippen molar-refractivity contribution in [1.82, 2.24) is 4.90 Å². The Balaban J connectivity index is 1.68. The number of hydrogen-bond acceptors (Lipinski definition) is 3. The zero-order chi connectivity index (χ0) is 20.7. The van der Waals surface area contributed by atoms with Gasteiger partial charge in [-0.2, -0.15) is 0 Å². The van der Waals surface area contributed by atoms with Gasteiger partial charge < -0.3 is 15.0 Å². The van der Waals surface area contributed by atoms with E-state index in [0.29, 0.717) is 11.6 Å². The second-order valence-corrected chi connectivity index (χ2v) is 8.51. The molecule has 1 N–H and O–H groups in total. The van der Waals surface area contributed by atoms with Crippen molar-refractivity contribution >= 4 is 23.2 Å². The van der Waals surface area contributed by atoms with E-state index in [1.54, 1.807) is 0 Å². The highest BCUT2D eigenvalue weighted by atomic mass is 35.5. The molecule has 4 nitrogen and oxygen atoms in total. The molecule has 2 aromatic rings. The van der Waals surface area contributed by atoms with Gasteiger partial charge in [0.2, 0.25) is 5.91 Å². The first kappa shape index (κ1) is 21.7. The van der Waals surface area contributed by atoms with E-state index in [4.69, 9.17) is 16.3 Å². The van der Waals surface area contributed by atoms with Crippen LogP contribution >= 0.6 is 11.6 Å². The van der Waals surface area contributed by atoms with E-state index in [0.717, 1.165) is 55.6 Å². The highest BCUT2D eigenvalue weighted by Crippen LogP contribution is 2.43. The van der Waals surface area contributed by atoms with E-state index in [2.05, 4.69) is 24.3 Å². The van der Waals surface area contributed by atoms with Crippen molar-refractivity contribution in [2.75, 3.05) is 32.6 Å². The lowest BCUT2D eigenvalue weighted by Gasteiger charge is -2.37. The third-order valence-electron chi connectivity index (χ3n) is 5.66. The molecule has 0 heterocycles. The summed E-state index contributed by atoms with van der Waals surface area (Å²) in [5, 5.41) is 3.80. The van der Waals surface area contributed by atoms with Crippen LogP contribution < -0.4 is 10.1 Å². The molecule has 1 aliphatic carbocycles. The maximum absolute atomic E-state index is 13.4. The average Bonchev–Trinajstić information content (AvgIpc) is 2.73. The molecule has 2 aromatic carbocycles. The van der Waals surface area contributed by atoms with E-state index >= 15 is 0 Å². The fraction of sp³-hybridized carbons (Fsp3) is 0.458. The van der Waals surface area contributed by atoms with Crippen LogP contribution in [-0.2, 0) is 10.2 Å². The predicted molar refractivity (Wildman–Crippen MR) is 120 cm³/mol. The van der Waals surface area contributed by atoms with Gasteiger partial charge >= 0.3 is 0 Å². The summed E-state index contributed by atoms with van der Waals surface area (Å²) in [6.45, 7) is 1.68. The van der Waals surface area contributed by atoms with Gasteiger partial charge in [-0.05, 0) is 69.3 Å². The number of benzene rings is 2. The molecule has 0 saturated heterocycles. The Bertz CT molecular complexity index is 799. The highest BCUT2D eigenvalue weighted by molar-refractivity contribution is 6.31. The summed E-state index contributed by atoms with van der Waals surface area (Å²) in [6, 6.07) is 15.4. The fourth-order valence-electron chi connectivity index (χ4n) is 4.08. The molecule has 29 heavy (non-hydrogen) atoms. The molecule has 0 spiro atoms. The Kier molecular flexibility index (Phi) is 7.57. The number of carbonyl (C=O) groups is 1. The molecule has 1 aliphatic rings. The van der Waals surface area contributed by atoms with Crippen molar-refractivity contribution in [3.63, 3.8) is 0 Å². The number of nitrogens with one attached hydrogen (secondary N) is 1. The van der Waals surface area contributed by atoms with Crippen molar-refractivity contribution in [3.05, 3.63) is 59.1 Å². The lowest BCUT2D eigenvalue weighted by Crippen LogP contribution is -2.42. The normalized spacial score (nSPS) is 15.9. The molecular weight excluding hydrogens is 384 g/mol. The second-order valence-electron chi connectivity index (χ2n) is 8.11. The van der Waals surface area contributed by atoms with Gasteiger partial charge in [-0.3, -0.25) is 4.79 Å². The van der Waals surface area contributed by atoms with Crippen LogP contribution in [0.15, 0.2) is 48.5 Å². The van der Waals surface area contributed by atoms with Gasteiger partial charge in [-0.25, -0.2) is 0 Å². The molecule has 0 bridgehead atoms. The van der Waals surface area contributed by atoms with Gasteiger partial charge in [0.25, 0.3) is 0 Å².